The van der Waals surface area contributed by atoms with Crippen molar-refractivity contribution in [1.29, 1.82) is 5.26 Å². The highest BCUT2D eigenvalue weighted by molar-refractivity contribution is 7.80. The summed E-state index contributed by atoms with van der Waals surface area (Å²) in [4.78, 5) is 23.6. The second kappa shape index (κ2) is 16.0. The van der Waals surface area contributed by atoms with Gasteiger partial charge in [-0.15, -0.1) is 0 Å². The zero-order valence-corrected chi connectivity index (χ0v) is 27.1. The topological polar surface area (TPSA) is 108 Å². The summed E-state index contributed by atoms with van der Waals surface area (Å²) < 4.78 is 47.6. The highest BCUT2D eigenvalue weighted by Gasteiger charge is 2.31. The summed E-state index contributed by atoms with van der Waals surface area (Å²) in [7, 11) is 1.50. The van der Waals surface area contributed by atoms with E-state index in [4.69, 9.17) is 22.2 Å². The molecule has 0 saturated heterocycles. The molecule has 0 bridgehead atoms. The van der Waals surface area contributed by atoms with E-state index in [0.717, 1.165) is 24.1 Å². The van der Waals surface area contributed by atoms with Crippen LogP contribution in [0.15, 0.2) is 79.4 Å². The van der Waals surface area contributed by atoms with Crippen LogP contribution in [0.2, 0.25) is 0 Å². The van der Waals surface area contributed by atoms with Crippen molar-refractivity contribution in [3.05, 3.63) is 107 Å². The second-order valence-corrected chi connectivity index (χ2v) is 11.5. The molecule has 2 heterocycles. The molecule has 1 amide bonds. The number of pyridine rings is 1. The van der Waals surface area contributed by atoms with Crippen LogP contribution < -0.4 is 15.4 Å². The van der Waals surface area contributed by atoms with E-state index in [0.29, 0.717) is 34.9 Å². The number of amides is 1. The van der Waals surface area contributed by atoms with E-state index >= 15 is 0 Å². The van der Waals surface area contributed by atoms with Gasteiger partial charge in [-0.2, -0.15) is 18.4 Å². The van der Waals surface area contributed by atoms with Gasteiger partial charge in [-0.1, -0.05) is 44.5 Å². The molecule has 0 spiro atoms. The minimum atomic E-state index is -4.49. The van der Waals surface area contributed by atoms with E-state index in [9.17, 15) is 18.0 Å². The third kappa shape index (κ3) is 10.0. The molecule has 2 atom stereocenters. The number of nitrogens with one attached hydrogen (secondary N) is 2. The molecule has 0 fully saturated rings. The summed E-state index contributed by atoms with van der Waals surface area (Å²) in [6.45, 7) is 4.80. The fraction of sp³-hybridized carbons (Fsp3) is 0.324. The Morgan fingerprint density at radius 1 is 1.13 bits per heavy atom. The summed E-state index contributed by atoms with van der Waals surface area (Å²) in [5, 5.41) is 15.6. The molecule has 47 heavy (non-hydrogen) atoms. The van der Waals surface area contributed by atoms with Crippen LogP contribution in [0, 0.1) is 17.2 Å². The highest BCUT2D eigenvalue weighted by Crippen LogP contribution is 2.30. The van der Waals surface area contributed by atoms with Crippen molar-refractivity contribution in [1.82, 2.24) is 24.8 Å². The van der Waals surface area contributed by atoms with Gasteiger partial charge in [-0.3, -0.25) is 4.79 Å². The predicted molar refractivity (Wildman–Crippen MR) is 176 cm³/mol. The lowest BCUT2D eigenvalue weighted by Gasteiger charge is -2.33. The van der Waals surface area contributed by atoms with Gasteiger partial charge < -0.3 is 24.8 Å². The molecule has 4 aromatic rings. The third-order valence-electron chi connectivity index (χ3n) is 7.78. The predicted octanol–water partition coefficient (Wildman–Crippen LogP) is 6.20. The van der Waals surface area contributed by atoms with Crippen LogP contribution in [0.3, 0.4) is 0 Å². The van der Waals surface area contributed by atoms with Crippen LogP contribution in [-0.4, -0.2) is 50.2 Å². The van der Waals surface area contributed by atoms with Gasteiger partial charge >= 0.3 is 6.18 Å². The van der Waals surface area contributed by atoms with Crippen LogP contribution in [0.4, 0.5) is 18.9 Å². The largest absolute Gasteiger partial charge is 0.481 e. The number of rotatable bonds is 13. The summed E-state index contributed by atoms with van der Waals surface area (Å²) in [5.74, 6) is 0.200. The number of anilines is 1. The Kier molecular flexibility index (Phi) is 11.9. The lowest BCUT2D eigenvalue weighted by Crippen LogP contribution is -2.50. The Morgan fingerprint density at radius 3 is 2.53 bits per heavy atom. The van der Waals surface area contributed by atoms with Gasteiger partial charge in [0.2, 0.25) is 11.8 Å². The van der Waals surface area contributed by atoms with Crippen molar-refractivity contribution in [2.24, 2.45) is 5.92 Å². The van der Waals surface area contributed by atoms with E-state index in [1.54, 1.807) is 54.0 Å². The van der Waals surface area contributed by atoms with Crippen molar-refractivity contribution in [3.63, 3.8) is 0 Å². The van der Waals surface area contributed by atoms with Crippen molar-refractivity contribution in [2.45, 2.75) is 52.0 Å². The minimum Gasteiger partial charge on any atom is -0.481 e. The Labute approximate surface area is 277 Å². The van der Waals surface area contributed by atoms with Crippen molar-refractivity contribution < 1.29 is 22.7 Å². The average Bonchev–Trinajstić information content (AvgIpc) is 3.49. The number of thiocarbonyl (C=S) groups is 1. The van der Waals surface area contributed by atoms with Crippen LogP contribution >= 0.6 is 12.2 Å². The number of hydrogen-bond acceptors (Lipinski definition) is 6. The molecule has 0 saturated carbocycles. The number of hydrogen-bond donors (Lipinski definition) is 2. The van der Waals surface area contributed by atoms with Crippen LogP contribution in [0.1, 0.15) is 48.2 Å². The number of halogens is 3. The lowest BCUT2D eigenvalue weighted by atomic mass is 9.98. The average molecular weight is 664 g/mol. The molecule has 2 aromatic heterocycles. The van der Waals surface area contributed by atoms with Crippen molar-refractivity contribution in [3.8, 4) is 11.9 Å². The maximum absolute atomic E-state index is 13.5. The van der Waals surface area contributed by atoms with Gasteiger partial charge in [0.15, 0.2) is 5.11 Å². The number of methoxy groups -OCH3 is 1. The first-order valence-electron chi connectivity index (χ1n) is 15.0. The lowest BCUT2D eigenvalue weighted by molar-refractivity contribution is -0.137. The van der Waals surface area contributed by atoms with Gasteiger partial charge in [0.1, 0.15) is 0 Å². The van der Waals surface area contributed by atoms with Gasteiger partial charge in [0, 0.05) is 43.6 Å². The van der Waals surface area contributed by atoms with E-state index in [1.165, 1.54) is 13.2 Å². The number of carbonyl (C=O) groups is 1. The van der Waals surface area contributed by atoms with E-state index in [1.807, 2.05) is 30.5 Å². The van der Waals surface area contributed by atoms with Gasteiger partial charge in [-0.05, 0) is 59.6 Å². The Balaban J connectivity index is 1.52. The molecule has 4 rings (SSSR count). The summed E-state index contributed by atoms with van der Waals surface area (Å²) in [5.41, 5.74) is 2.46. The molecule has 13 heteroatoms. The van der Waals surface area contributed by atoms with Gasteiger partial charge in [0.05, 0.1) is 48.9 Å². The molecule has 0 aliphatic heterocycles. The molecule has 9 nitrogen and oxygen atoms in total. The summed E-state index contributed by atoms with van der Waals surface area (Å²) in [6.07, 6.45) is 1.15. The van der Waals surface area contributed by atoms with Crippen molar-refractivity contribution in [2.75, 3.05) is 19.0 Å². The second-order valence-electron chi connectivity index (χ2n) is 11.2. The van der Waals surface area contributed by atoms with Crippen molar-refractivity contribution >= 4 is 28.9 Å². The smallest absolute Gasteiger partial charge is 0.416 e. The van der Waals surface area contributed by atoms with E-state index in [-0.39, 0.29) is 42.5 Å². The maximum atomic E-state index is 13.5. The SMILES string of the molecule is CC[C@H](C)[C@@H](CN(Cc1cccc(C(F)(F)F)c1)C(=S)Nc1ccc(OC)nc1)NC(=O)Cc1cncn1Cc1ccc(C#N)cc1. The number of alkyl halides is 3. The van der Waals surface area contributed by atoms with Gasteiger partial charge in [0.25, 0.3) is 0 Å². The molecule has 246 valence electrons. The first kappa shape index (κ1) is 34.9. The number of ether oxygens (including phenoxy) is 1. The Bertz CT molecular complexity index is 1690. The Morgan fingerprint density at radius 2 is 1.89 bits per heavy atom. The maximum Gasteiger partial charge on any atom is 0.416 e. The molecule has 0 unspecified atom stereocenters. The summed E-state index contributed by atoms with van der Waals surface area (Å²) >= 11 is 5.76. The molecule has 0 aliphatic rings. The highest BCUT2D eigenvalue weighted by atomic mass is 32.1. The number of nitriles is 1. The number of aromatic nitrogens is 3. The molecular formula is C34H36F3N7O2S. The Hall–Kier alpha value is -4.96. The number of imidazole rings is 1. The first-order chi connectivity index (χ1) is 22.5. The van der Waals surface area contributed by atoms with Crippen LogP contribution in [0.5, 0.6) is 5.88 Å². The fourth-order valence-corrected chi connectivity index (χ4v) is 5.15. The quantitative estimate of drug-likeness (QED) is 0.163. The molecular weight excluding hydrogens is 627 g/mol. The van der Waals surface area contributed by atoms with Gasteiger partial charge in [-0.25, -0.2) is 9.97 Å². The van der Waals surface area contributed by atoms with E-state index in [2.05, 4.69) is 26.7 Å². The van der Waals surface area contributed by atoms with Crippen LogP contribution in [-0.2, 0) is 30.5 Å². The zero-order valence-electron chi connectivity index (χ0n) is 26.3. The monoisotopic (exact) mass is 663 g/mol. The first-order valence-corrected chi connectivity index (χ1v) is 15.4. The number of benzene rings is 2. The molecule has 0 aliphatic carbocycles. The van der Waals surface area contributed by atoms with E-state index < -0.39 is 11.7 Å². The molecule has 2 N–H and O–H groups in total. The number of nitrogens with zero attached hydrogens (tertiary/aromatic N) is 5. The summed E-state index contributed by atoms with van der Waals surface area (Å²) in [6, 6.07) is 17.4. The minimum absolute atomic E-state index is 0.0111. The zero-order chi connectivity index (χ0) is 34.0. The molecule has 2 aromatic carbocycles. The standard InChI is InChI=1S/C34H36F3N7O2S/c1-4-23(2)30(42-31(45)15-29-18-39-22-44(29)19-25-10-8-24(16-38)9-11-25)21-43(20-26-6-5-7-27(14-26)34(35,36)37)33(47)41-28-12-13-32(46-3)40-17-28/h5-14,17-18,22-23,30H,4,15,19-21H2,1-3H3,(H,41,47)(H,42,45)/t23-,30+/m0/s1. The fourth-order valence-electron chi connectivity index (χ4n) is 4.89. The number of carbonyl (C=O) groups excluding carboxylic acids is 1. The normalized spacial score (nSPS) is 12.4. The molecule has 0 radical (unpaired) electrons. The van der Waals surface area contributed by atoms with Crippen LogP contribution in [0.25, 0.3) is 0 Å². The third-order valence-corrected chi connectivity index (χ3v) is 8.14.